The molecule has 0 spiro atoms. The highest BCUT2D eigenvalue weighted by atomic mass is 15.1. The zero-order valence-electron chi connectivity index (χ0n) is 9.48. The first-order valence-electron chi connectivity index (χ1n) is 5.58. The van der Waals surface area contributed by atoms with E-state index in [2.05, 4.69) is 31.8 Å². The number of nitrogens with one attached hydrogen (secondary N) is 2. The molecule has 0 fully saturated rings. The van der Waals surface area contributed by atoms with Crippen LogP contribution in [0.15, 0.2) is 24.9 Å². The number of aryl methyl sites for hydroxylation is 1. The Labute approximate surface area is 94.9 Å². The first kappa shape index (κ1) is 10.9. The molecule has 86 valence electrons. The van der Waals surface area contributed by atoms with Crippen LogP contribution in [0, 0.1) is 0 Å². The van der Waals surface area contributed by atoms with Crippen LogP contribution in [-0.2, 0) is 19.6 Å². The van der Waals surface area contributed by atoms with Gasteiger partial charge in [-0.2, -0.15) is 0 Å². The molecular formula is C11H17N5. The summed E-state index contributed by atoms with van der Waals surface area (Å²) in [5.74, 6) is 0.960. The van der Waals surface area contributed by atoms with Gasteiger partial charge in [0.15, 0.2) is 0 Å². The minimum Gasteiger partial charge on any atom is -0.348 e. The molecule has 16 heavy (non-hydrogen) atoms. The average Bonchev–Trinajstić information content (AvgIpc) is 2.91. The van der Waals surface area contributed by atoms with Gasteiger partial charge in [0.2, 0.25) is 0 Å². The normalized spacial score (nSPS) is 10.8. The van der Waals surface area contributed by atoms with E-state index in [9.17, 15) is 0 Å². The Balaban J connectivity index is 1.82. The van der Waals surface area contributed by atoms with Crippen LogP contribution >= 0.6 is 0 Å². The molecule has 0 bridgehead atoms. The number of nitrogens with zero attached hydrogens (tertiary/aromatic N) is 3. The van der Waals surface area contributed by atoms with E-state index in [1.807, 2.05) is 18.7 Å². The number of aromatic nitrogens is 4. The van der Waals surface area contributed by atoms with Crippen LogP contribution in [0.3, 0.4) is 0 Å². The maximum atomic E-state index is 4.16. The molecule has 0 amide bonds. The summed E-state index contributed by atoms with van der Waals surface area (Å²) < 4.78 is 2.18. The fourth-order valence-electron chi connectivity index (χ4n) is 1.64. The Kier molecular flexibility index (Phi) is 3.71. The molecular weight excluding hydrogens is 202 g/mol. The zero-order chi connectivity index (χ0) is 11.2. The van der Waals surface area contributed by atoms with Crippen LogP contribution in [0.2, 0.25) is 0 Å². The van der Waals surface area contributed by atoms with Gasteiger partial charge in [0.1, 0.15) is 5.82 Å². The average molecular weight is 219 g/mol. The summed E-state index contributed by atoms with van der Waals surface area (Å²) in [6.07, 6.45) is 8.51. The second-order valence-electron chi connectivity index (χ2n) is 3.72. The van der Waals surface area contributed by atoms with Crippen LogP contribution < -0.4 is 5.32 Å². The highest BCUT2D eigenvalue weighted by Crippen LogP contribution is 2.00. The maximum absolute atomic E-state index is 4.16. The lowest BCUT2D eigenvalue weighted by molar-refractivity contribution is 0.594. The minimum atomic E-state index is 0.754. The molecule has 5 nitrogen and oxygen atoms in total. The van der Waals surface area contributed by atoms with Crippen molar-refractivity contribution in [1.82, 2.24) is 24.8 Å². The van der Waals surface area contributed by atoms with E-state index >= 15 is 0 Å². The van der Waals surface area contributed by atoms with Crippen molar-refractivity contribution >= 4 is 0 Å². The standard InChI is InChI=1S/C11H17N5/c1-2-5-16-9-13-7-10(16)6-12-8-11-14-3-4-15-11/h3-4,7,9,12H,2,5-6,8H2,1H3,(H,14,15). The summed E-state index contributed by atoms with van der Waals surface area (Å²) in [4.78, 5) is 11.4. The lowest BCUT2D eigenvalue weighted by atomic mass is 10.4. The van der Waals surface area contributed by atoms with E-state index in [1.54, 1.807) is 6.20 Å². The Hall–Kier alpha value is -1.62. The van der Waals surface area contributed by atoms with Gasteiger partial charge in [-0.25, -0.2) is 9.97 Å². The molecule has 2 aromatic rings. The summed E-state index contributed by atoms with van der Waals surface area (Å²) in [7, 11) is 0. The van der Waals surface area contributed by atoms with Crippen molar-refractivity contribution in [2.75, 3.05) is 0 Å². The number of H-pyrrole nitrogens is 1. The van der Waals surface area contributed by atoms with Crippen molar-refractivity contribution in [3.63, 3.8) is 0 Å². The lowest BCUT2D eigenvalue weighted by Gasteiger charge is -2.06. The van der Waals surface area contributed by atoms with Gasteiger partial charge in [0, 0.05) is 31.7 Å². The number of hydrogen-bond acceptors (Lipinski definition) is 3. The van der Waals surface area contributed by atoms with Gasteiger partial charge in [0.25, 0.3) is 0 Å². The molecule has 5 heteroatoms. The summed E-state index contributed by atoms with van der Waals surface area (Å²) in [6, 6.07) is 0. The van der Waals surface area contributed by atoms with E-state index in [4.69, 9.17) is 0 Å². The van der Waals surface area contributed by atoms with Crippen molar-refractivity contribution < 1.29 is 0 Å². The third kappa shape index (κ3) is 2.70. The Morgan fingerprint density at radius 3 is 3.12 bits per heavy atom. The second kappa shape index (κ2) is 5.46. The van der Waals surface area contributed by atoms with Crippen LogP contribution in [0.5, 0.6) is 0 Å². The SMILES string of the molecule is CCCn1cncc1CNCc1ncc[nH]1. The molecule has 2 aromatic heterocycles. The molecule has 0 radical (unpaired) electrons. The van der Waals surface area contributed by atoms with E-state index in [0.29, 0.717) is 0 Å². The quantitative estimate of drug-likeness (QED) is 0.770. The van der Waals surface area contributed by atoms with Gasteiger partial charge < -0.3 is 14.9 Å². The first-order chi connectivity index (χ1) is 7.90. The van der Waals surface area contributed by atoms with Crippen molar-refractivity contribution in [2.24, 2.45) is 0 Å². The number of aromatic amines is 1. The predicted octanol–water partition coefficient (Wildman–Crippen LogP) is 1.31. The maximum Gasteiger partial charge on any atom is 0.120 e. The number of hydrogen-bond donors (Lipinski definition) is 2. The number of rotatable bonds is 6. The van der Waals surface area contributed by atoms with Crippen molar-refractivity contribution in [3.8, 4) is 0 Å². The smallest absolute Gasteiger partial charge is 0.120 e. The fraction of sp³-hybridized carbons (Fsp3) is 0.455. The van der Waals surface area contributed by atoms with E-state index < -0.39 is 0 Å². The molecule has 0 unspecified atom stereocenters. The van der Waals surface area contributed by atoms with Gasteiger partial charge in [-0.3, -0.25) is 0 Å². The van der Waals surface area contributed by atoms with Crippen LogP contribution in [0.25, 0.3) is 0 Å². The monoisotopic (exact) mass is 219 g/mol. The molecule has 2 rings (SSSR count). The van der Waals surface area contributed by atoms with Crippen LogP contribution in [-0.4, -0.2) is 19.5 Å². The Morgan fingerprint density at radius 1 is 1.44 bits per heavy atom. The van der Waals surface area contributed by atoms with Gasteiger partial charge in [-0.1, -0.05) is 6.92 Å². The van der Waals surface area contributed by atoms with Crippen molar-refractivity contribution in [2.45, 2.75) is 33.0 Å². The molecule has 0 aliphatic carbocycles. The van der Waals surface area contributed by atoms with Crippen molar-refractivity contribution in [1.29, 1.82) is 0 Å². The molecule has 2 heterocycles. The van der Waals surface area contributed by atoms with Crippen molar-refractivity contribution in [3.05, 3.63) is 36.4 Å². The third-order valence-electron chi connectivity index (χ3n) is 2.42. The molecule has 0 aromatic carbocycles. The molecule has 0 aliphatic heterocycles. The van der Waals surface area contributed by atoms with Crippen LogP contribution in [0.4, 0.5) is 0 Å². The first-order valence-corrected chi connectivity index (χ1v) is 5.58. The highest BCUT2D eigenvalue weighted by Gasteiger charge is 2.01. The predicted molar refractivity (Wildman–Crippen MR) is 61.6 cm³/mol. The van der Waals surface area contributed by atoms with Gasteiger partial charge in [-0.15, -0.1) is 0 Å². The van der Waals surface area contributed by atoms with E-state index in [-0.39, 0.29) is 0 Å². The third-order valence-corrected chi connectivity index (χ3v) is 2.42. The fourth-order valence-corrected chi connectivity index (χ4v) is 1.64. The Bertz CT molecular complexity index is 404. The van der Waals surface area contributed by atoms with Gasteiger partial charge in [0.05, 0.1) is 18.6 Å². The lowest BCUT2D eigenvalue weighted by Crippen LogP contribution is -2.16. The Morgan fingerprint density at radius 2 is 2.38 bits per heavy atom. The topological polar surface area (TPSA) is 58.5 Å². The largest absolute Gasteiger partial charge is 0.348 e. The summed E-state index contributed by atoms with van der Waals surface area (Å²) >= 11 is 0. The molecule has 0 saturated carbocycles. The summed E-state index contributed by atoms with van der Waals surface area (Å²) in [5.41, 5.74) is 1.22. The summed E-state index contributed by atoms with van der Waals surface area (Å²) in [5, 5.41) is 3.33. The van der Waals surface area contributed by atoms with Gasteiger partial charge in [-0.05, 0) is 6.42 Å². The minimum absolute atomic E-state index is 0.754. The van der Waals surface area contributed by atoms with E-state index in [0.717, 1.165) is 31.9 Å². The van der Waals surface area contributed by atoms with Crippen LogP contribution in [0.1, 0.15) is 24.9 Å². The van der Waals surface area contributed by atoms with E-state index in [1.165, 1.54) is 5.69 Å². The van der Waals surface area contributed by atoms with Gasteiger partial charge >= 0.3 is 0 Å². The molecule has 0 aliphatic rings. The highest BCUT2D eigenvalue weighted by molar-refractivity contribution is 4.98. The number of imidazole rings is 2. The molecule has 0 atom stereocenters. The molecule has 2 N–H and O–H groups in total. The molecule has 0 saturated heterocycles. The second-order valence-corrected chi connectivity index (χ2v) is 3.72. The summed E-state index contributed by atoms with van der Waals surface area (Å²) in [6.45, 7) is 4.77. The zero-order valence-corrected chi connectivity index (χ0v) is 9.48.